The predicted molar refractivity (Wildman–Crippen MR) is 82.3 cm³/mol. The lowest BCUT2D eigenvalue weighted by atomic mass is 10.2. The molecule has 0 bridgehead atoms. The molecule has 21 heavy (non-hydrogen) atoms. The number of benzene rings is 2. The summed E-state index contributed by atoms with van der Waals surface area (Å²) in [6.45, 7) is 3.41. The van der Waals surface area contributed by atoms with Crippen LogP contribution in [-0.4, -0.2) is 15.5 Å². The van der Waals surface area contributed by atoms with Gasteiger partial charge in [0.2, 0.25) is 0 Å². The Bertz CT molecular complexity index is 788. The van der Waals surface area contributed by atoms with Gasteiger partial charge in [-0.25, -0.2) is 12.8 Å². The van der Waals surface area contributed by atoms with E-state index in [9.17, 15) is 12.8 Å². The Kier molecular flexibility index (Phi) is 3.91. The summed E-state index contributed by atoms with van der Waals surface area (Å²) in [4.78, 5) is 0.0746. The topological polar surface area (TPSA) is 63.4 Å². The molecule has 0 aliphatic carbocycles. The van der Waals surface area contributed by atoms with Crippen molar-refractivity contribution in [3.63, 3.8) is 0 Å². The first-order valence-corrected chi connectivity index (χ1v) is 7.78. The standard InChI is InChI=1S/C15H17FN2O2S/c1-10-4-6-13(9-14(10)17)18(3)21(19,20)15-7-5-12(16)8-11(15)2/h4-9H,17H2,1-3H3. The molecule has 0 spiro atoms. The highest BCUT2D eigenvalue weighted by atomic mass is 32.2. The molecule has 0 aliphatic heterocycles. The number of halogens is 1. The van der Waals surface area contributed by atoms with Gasteiger partial charge in [-0.1, -0.05) is 6.07 Å². The summed E-state index contributed by atoms with van der Waals surface area (Å²) < 4.78 is 39.5. The number of sulfonamides is 1. The van der Waals surface area contributed by atoms with Crippen molar-refractivity contribution in [3.8, 4) is 0 Å². The third kappa shape index (κ3) is 2.85. The van der Waals surface area contributed by atoms with E-state index >= 15 is 0 Å². The zero-order chi connectivity index (χ0) is 15.8. The molecule has 0 unspecified atom stereocenters. The largest absolute Gasteiger partial charge is 0.398 e. The molecule has 0 atom stereocenters. The van der Waals surface area contributed by atoms with Gasteiger partial charge in [0.1, 0.15) is 5.82 Å². The van der Waals surface area contributed by atoms with Crippen LogP contribution in [0.15, 0.2) is 41.3 Å². The van der Waals surface area contributed by atoms with Gasteiger partial charge in [0.05, 0.1) is 10.6 Å². The zero-order valence-electron chi connectivity index (χ0n) is 12.1. The SMILES string of the molecule is Cc1ccc(N(C)S(=O)(=O)c2ccc(F)cc2C)cc1N. The number of hydrogen-bond donors (Lipinski definition) is 1. The van der Waals surface area contributed by atoms with Gasteiger partial charge < -0.3 is 5.73 Å². The van der Waals surface area contributed by atoms with Crippen molar-refractivity contribution in [1.82, 2.24) is 0 Å². The lowest BCUT2D eigenvalue weighted by Crippen LogP contribution is -2.27. The molecule has 112 valence electrons. The number of rotatable bonds is 3. The van der Waals surface area contributed by atoms with Crippen molar-refractivity contribution in [2.75, 3.05) is 17.1 Å². The van der Waals surface area contributed by atoms with Gasteiger partial charge in [-0.05, 0) is 55.3 Å². The number of aryl methyl sites for hydroxylation is 2. The quantitative estimate of drug-likeness (QED) is 0.887. The Labute approximate surface area is 124 Å². The van der Waals surface area contributed by atoms with Crippen molar-refractivity contribution in [2.24, 2.45) is 0 Å². The van der Waals surface area contributed by atoms with E-state index < -0.39 is 15.8 Å². The maximum atomic E-state index is 13.1. The van der Waals surface area contributed by atoms with Gasteiger partial charge in [-0.3, -0.25) is 4.31 Å². The summed E-state index contributed by atoms with van der Waals surface area (Å²) in [7, 11) is -2.31. The fraction of sp³-hybridized carbons (Fsp3) is 0.200. The van der Waals surface area contributed by atoms with Gasteiger partial charge in [0.25, 0.3) is 10.0 Å². The molecule has 2 aromatic carbocycles. The smallest absolute Gasteiger partial charge is 0.264 e. The zero-order valence-corrected chi connectivity index (χ0v) is 12.9. The Morgan fingerprint density at radius 2 is 1.71 bits per heavy atom. The van der Waals surface area contributed by atoms with E-state index in [2.05, 4.69) is 0 Å². The lowest BCUT2D eigenvalue weighted by molar-refractivity contribution is 0.592. The molecule has 2 aromatic rings. The molecule has 0 radical (unpaired) electrons. The first kappa shape index (κ1) is 15.3. The second-order valence-electron chi connectivity index (χ2n) is 4.92. The Morgan fingerprint density at radius 1 is 1.05 bits per heavy atom. The van der Waals surface area contributed by atoms with Gasteiger partial charge >= 0.3 is 0 Å². The van der Waals surface area contributed by atoms with Gasteiger partial charge in [-0.2, -0.15) is 0 Å². The Hall–Kier alpha value is -2.08. The van der Waals surface area contributed by atoms with Crippen LogP contribution in [0.2, 0.25) is 0 Å². The van der Waals surface area contributed by atoms with Gasteiger partial charge in [-0.15, -0.1) is 0 Å². The normalized spacial score (nSPS) is 11.4. The van der Waals surface area contributed by atoms with Crippen molar-refractivity contribution in [2.45, 2.75) is 18.7 Å². The fourth-order valence-electron chi connectivity index (χ4n) is 2.01. The van der Waals surface area contributed by atoms with Crippen molar-refractivity contribution in [1.29, 1.82) is 0 Å². The molecule has 2 rings (SSSR count). The third-order valence-electron chi connectivity index (χ3n) is 3.40. The molecule has 0 saturated carbocycles. The summed E-state index contributed by atoms with van der Waals surface area (Å²) in [5, 5.41) is 0. The molecule has 0 aliphatic rings. The molecule has 0 saturated heterocycles. The minimum Gasteiger partial charge on any atom is -0.398 e. The molecule has 2 N–H and O–H groups in total. The maximum Gasteiger partial charge on any atom is 0.264 e. The molecule has 0 amide bonds. The molecule has 0 aromatic heterocycles. The summed E-state index contributed by atoms with van der Waals surface area (Å²) >= 11 is 0. The molecular formula is C15H17FN2O2S. The van der Waals surface area contributed by atoms with Crippen LogP contribution in [0, 0.1) is 19.7 Å². The lowest BCUT2D eigenvalue weighted by Gasteiger charge is -2.21. The minimum absolute atomic E-state index is 0.0746. The maximum absolute atomic E-state index is 13.1. The number of nitrogens with zero attached hydrogens (tertiary/aromatic N) is 1. The number of hydrogen-bond acceptors (Lipinski definition) is 3. The highest BCUT2D eigenvalue weighted by molar-refractivity contribution is 7.92. The van der Waals surface area contributed by atoms with Crippen molar-refractivity contribution in [3.05, 3.63) is 53.3 Å². The van der Waals surface area contributed by atoms with Crippen LogP contribution >= 0.6 is 0 Å². The summed E-state index contributed by atoms with van der Waals surface area (Å²) in [6, 6.07) is 8.65. The molecular weight excluding hydrogens is 291 g/mol. The van der Waals surface area contributed by atoms with Crippen molar-refractivity contribution >= 4 is 21.4 Å². The van der Waals surface area contributed by atoms with E-state index in [-0.39, 0.29) is 4.90 Å². The fourth-order valence-corrected chi connectivity index (χ4v) is 3.40. The van der Waals surface area contributed by atoms with Crippen LogP contribution < -0.4 is 10.0 Å². The third-order valence-corrected chi connectivity index (χ3v) is 5.35. The van der Waals surface area contributed by atoms with E-state index in [1.807, 2.05) is 6.92 Å². The van der Waals surface area contributed by atoms with E-state index in [1.165, 1.54) is 19.2 Å². The second kappa shape index (κ2) is 5.37. The molecule has 0 fully saturated rings. The first-order valence-electron chi connectivity index (χ1n) is 6.34. The monoisotopic (exact) mass is 308 g/mol. The van der Waals surface area contributed by atoms with Crippen LogP contribution in [-0.2, 0) is 10.0 Å². The molecule has 6 heteroatoms. The highest BCUT2D eigenvalue weighted by Gasteiger charge is 2.23. The van der Waals surface area contributed by atoms with Crippen molar-refractivity contribution < 1.29 is 12.8 Å². The number of nitrogen functional groups attached to an aromatic ring is 1. The number of nitrogens with two attached hydrogens (primary N) is 1. The average molecular weight is 308 g/mol. The summed E-state index contributed by atoms with van der Waals surface area (Å²) in [5.41, 5.74) is 8.04. The van der Waals surface area contributed by atoms with Crippen LogP contribution in [0.25, 0.3) is 0 Å². The second-order valence-corrected chi connectivity index (χ2v) is 6.86. The first-order chi connectivity index (χ1) is 9.73. The van der Waals surface area contributed by atoms with E-state index in [4.69, 9.17) is 5.73 Å². The number of anilines is 2. The predicted octanol–water partition coefficient (Wildman–Crippen LogP) is 2.85. The summed E-state index contributed by atoms with van der Waals surface area (Å²) in [5.74, 6) is -0.464. The average Bonchev–Trinajstić information content (AvgIpc) is 2.40. The highest BCUT2D eigenvalue weighted by Crippen LogP contribution is 2.27. The Morgan fingerprint density at radius 3 is 2.29 bits per heavy atom. The van der Waals surface area contributed by atoms with Crippen LogP contribution in [0.4, 0.5) is 15.8 Å². The Balaban J connectivity index is 2.49. The molecule has 0 heterocycles. The van der Waals surface area contributed by atoms with Gasteiger partial charge in [0, 0.05) is 12.7 Å². The molecule has 4 nitrogen and oxygen atoms in total. The van der Waals surface area contributed by atoms with E-state index in [0.717, 1.165) is 15.9 Å². The summed E-state index contributed by atoms with van der Waals surface area (Å²) in [6.07, 6.45) is 0. The van der Waals surface area contributed by atoms with Gasteiger partial charge in [0.15, 0.2) is 0 Å². The van der Waals surface area contributed by atoms with Crippen LogP contribution in [0.1, 0.15) is 11.1 Å². The minimum atomic E-state index is -3.76. The van der Waals surface area contributed by atoms with Crippen LogP contribution in [0.5, 0.6) is 0 Å². The van der Waals surface area contributed by atoms with Crippen LogP contribution in [0.3, 0.4) is 0 Å². The van der Waals surface area contributed by atoms with E-state index in [0.29, 0.717) is 16.9 Å². The van der Waals surface area contributed by atoms with E-state index in [1.54, 1.807) is 25.1 Å².